The van der Waals surface area contributed by atoms with Crippen molar-refractivity contribution in [3.05, 3.63) is 28.1 Å². The van der Waals surface area contributed by atoms with Crippen LogP contribution >= 0.6 is 0 Å². The van der Waals surface area contributed by atoms with Gasteiger partial charge in [0.15, 0.2) is 0 Å². The molecule has 1 amide bonds. The first-order valence-electron chi connectivity index (χ1n) is 5.57. The largest absolute Gasteiger partial charge is 0.393 e. The van der Waals surface area contributed by atoms with E-state index in [1.165, 1.54) is 21.7 Å². The molecule has 1 aromatic rings. The van der Waals surface area contributed by atoms with Crippen LogP contribution in [0.25, 0.3) is 0 Å². The molecular weight excluding hydrogens is 238 g/mol. The molecule has 0 saturated carbocycles. The molecule has 1 heterocycles. The minimum absolute atomic E-state index is 0.107. The quantitative estimate of drug-likeness (QED) is 0.622. The lowest BCUT2D eigenvalue weighted by Gasteiger charge is -2.17. The number of amides is 1. The number of rotatable bonds is 5. The van der Waals surface area contributed by atoms with E-state index >= 15 is 0 Å². The molecule has 100 valence electrons. The zero-order valence-electron chi connectivity index (χ0n) is 10.7. The minimum Gasteiger partial charge on any atom is -0.393 e. The zero-order valence-corrected chi connectivity index (χ0v) is 10.7. The number of carbonyl (C=O) groups excluding carboxylic acids is 1. The van der Waals surface area contributed by atoms with Gasteiger partial charge in [0, 0.05) is 26.7 Å². The van der Waals surface area contributed by atoms with E-state index in [4.69, 9.17) is 5.11 Å². The Morgan fingerprint density at radius 2 is 2.28 bits per heavy atom. The summed E-state index contributed by atoms with van der Waals surface area (Å²) in [4.78, 5) is 23.5. The Labute approximate surface area is 105 Å². The Balaban J connectivity index is 2.80. The SMILES string of the molecule is CC(O)CCN(C)C(=O)c1cc([N+](=O)[O-])cn1C. The predicted octanol–water partition coefficient (Wildman–Crippen LogP) is 0.776. The lowest BCUT2D eigenvalue weighted by atomic mass is 10.2. The number of carbonyl (C=O) groups is 1. The van der Waals surface area contributed by atoms with Crippen LogP contribution in [0, 0.1) is 10.1 Å². The van der Waals surface area contributed by atoms with Crippen LogP contribution in [-0.4, -0.2) is 45.1 Å². The number of aliphatic hydroxyl groups is 1. The summed E-state index contributed by atoms with van der Waals surface area (Å²) in [5.74, 6) is -0.300. The summed E-state index contributed by atoms with van der Waals surface area (Å²) in [6.07, 6.45) is 1.29. The number of nitro groups is 1. The number of aromatic nitrogens is 1. The van der Waals surface area contributed by atoms with Crippen molar-refractivity contribution in [2.75, 3.05) is 13.6 Å². The van der Waals surface area contributed by atoms with Gasteiger partial charge in [0.1, 0.15) is 5.69 Å². The fraction of sp³-hybridized carbons (Fsp3) is 0.545. The first-order chi connectivity index (χ1) is 8.32. The van der Waals surface area contributed by atoms with Crippen molar-refractivity contribution in [1.29, 1.82) is 0 Å². The van der Waals surface area contributed by atoms with Crippen LogP contribution in [0.4, 0.5) is 5.69 Å². The van der Waals surface area contributed by atoms with Gasteiger partial charge >= 0.3 is 0 Å². The average Bonchev–Trinajstić information content (AvgIpc) is 2.67. The van der Waals surface area contributed by atoms with Crippen LogP contribution in [0.3, 0.4) is 0 Å². The molecule has 1 N–H and O–H groups in total. The fourth-order valence-corrected chi connectivity index (χ4v) is 1.54. The number of aliphatic hydroxyl groups excluding tert-OH is 1. The fourth-order valence-electron chi connectivity index (χ4n) is 1.54. The molecule has 0 radical (unpaired) electrons. The minimum atomic E-state index is -0.535. The van der Waals surface area contributed by atoms with E-state index in [2.05, 4.69) is 0 Å². The number of nitrogens with zero attached hydrogens (tertiary/aromatic N) is 3. The third-order valence-corrected chi connectivity index (χ3v) is 2.65. The van der Waals surface area contributed by atoms with Crippen molar-refractivity contribution in [1.82, 2.24) is 9.47 Å². The Kier molecular flexibility index (Phi) is 4.43. The average molecular weight is 255 g/mol. The van der Waals surface area contributed by atoms with Crippen LogP contribution in [0.15, 0.2) is 12.3 Å². The molecular formula is C11H17N3O4. The number of aryl methyl sites for hydroxylation is 1. The summed E-state index contributed by atoms with van der Waals surface area (Å²) in [5, 5.41) is 19.8. The molecule has 0 fully saturated rings. The second-order valence-electron chi connectivity index (χ2n) is 4.32. The van der Waals surface area contributed by atoms with E-state index in [1.807, 2.05) is 0 Å². The van der Waals surface area contributed by atoms with Crippen LogP contribution in [0.2, 0.25) is 0 Å². The summed E-state index contributed by atoms with van der Waals surface area (Å²) < 4.78 is 1.43. The number of hydrogen-bond acceptors (Lipinski definition) is 4. The molecule has 1 rings (SSSR count). The molecule has 7 heteroatoms. The van der Waals surface area contributed by atoms with Gasteiger partial charge in [-0.1, -0.05) is 0 Å². The molecule has 18 heavy (non-hydrogen) atoms. The Hall–Kier alpha value is -1.89. The van der Waals surface area contributed by atoms with Crippen molar-refractivity contribution in [2.24, 2.45) is 7.05 Å². The third kappa shape index (κ3) is 3.30. The first-order valence-corrected chi connectivity index (χ1v) is 5.57. The van der Waals surface area contributed by atoms with E-state index in [0.717, 1.165) is 0 Å². The maximum Gasteiger partial charge on any atom is 0.287 e. The molecule has 1 aromatic heterocycles. The maximum atomic E-state index is 12.0. The van der Waals surface area contributed by atoms with Crippen LogP contribution < -0.4 is 0 Å². The Morgan fingerprint density at radius 3 is 2.72 bits per heavy atom. The lowest BCUT2D eigenvalue weighted by Crippen LogP contribution is -2.30. The third-order valence-electron chi connectivity index (χ3n) is 2.65. The second kappa shape index (κ2) is 5.63. The van der Waals surface area contributed by atoms with Gasteiger partial charge in [0.05, 0.1) is 17.2 Å². The van der Waals surface area contributed by atoms with Gasteiger partial charge in [0.2, 0.25) is 0 Å². The van der Waals surface area contributed by atoms with E-state index in [1.54, 1.807) is 21.0 Å². The maximum absolute atomic E-state index is 12.0. The highest BCUT2D eigenvalue weighted by atomic mass is 16.6. The molecule has 0 aliphatic carbocycles. The van der Waals surface area contributed by atoms with Gasteiger partial charge in [-0.25, -0.2) is 0 Å². The van der Waals surface area contributed by atoms with Gasteiger partial charge in [-0.3, -0.25) is 14.9 Å². The predicted molar refractivity (Wildman–Crippen MR) is 65.3 cm³/mol. The first kappa shape index (κ1) is 14.2. The van der Waals surface area contributed by atoms with Crippen molar-refractivity contribution in [3.8, 4) is 0 Å². The van der Waals surface area contributed by atoms with Crippen molar-refractivity contribution in [2.45, 2.75) is 19.4 Å². The van der Waals surface area contributed by atoms with Crippen molar-refractivity contribution >= 4 is 11.6 Å². The van der Waals surface area contributed by atoms with Crippen LogP contribution in [0.1, 0.15) is 23.8 Å². The van der Waals surface area contributed by atoms with E-state index in [0.29, 0.717) is 13.0 Å². The summed E-state index contributed by atoms with van der Waals surface area (Å²) in [7, 11) is 3.19. The van der Waals surface area contributed by atoms with E-state index in [-0.39, 0.29) is 17.3 Å². The highest BCUT2D eigenvalue weighted by Gasteiger charge is 2.20. The highest BCUT2D eigenvalue weighted by molar-refractivity contribution is 5.93. The molecule has 0 aliphatic rings. The van der Waals surface area contributed by atoms with Gasteiger partial charge in [0.25, 0.3) is 11.6 Å². The summed E-state index contributed by atoms with van der Waals surface area (Å²) in [6.45, 7) is 2.04. The Bertz CT molecular complexity index is 453. The zero-order chi connectivity index (χ0) is 13.9. The topological polar surface area (TPSA) is 88.6 Å². The van der Waals surface area contributed by atoms with Gasteiger partial charge < -0.3 is 14.6 Å². The molecule has 0 aliphatic heterocycles. The smallest absolute Gasteiger partial charge is 0.287 e. The summed E-state index contributed by atoms with van der Waals surface area (Å²) in [6, 6.07) is 1.25. The normalized spacial score (nSPS) is 12.2. The van der Waals surface area contributed by atoms with Crippen molar-refractivity contribution in [3.63, 3.8) is 0 Å². The van der Waals surface area contributed by atoms with Gasteiger partial charge in [-0.05, 0) is 13.3 Å². The van der Waals surface area contributed by atoms with Crippen LogP contribution in [0.5, 0.6) is 0 Å². The molecule has 1 atom stereocenters. The van der Waals surface area contributed by atoms with Gasteiger partial charge in [-0.2, -0.15) is 0 Å². The monoisotopic (exact) mass is 255 g/mol. The second-order valence-corrected chi connectivity index (χ2v) is 4.32. The molecule has 0 bridgehead atoms. The van der Waals surface area contributed by atoms with Gasteiger partial charge in [-0.15, -0.1) is 0 Å². The molecule has 1 unspecified atom stereocenters. The lowest BCUT2D eigenvalue weighted by molar-refractivity contribution is -0.384. The Morgan fingerprint density at radius 1 is 1.67 bits per heavy atom. The molecule has 0 spiro atoms. The van der Waals surface area contributed by atoms with E-state index < -0.39 is 11.0 Å². The van der Waals surface area contributed by atoms with Crippen molar-refractivity contribution < 1.29 is 14.8 Å². The molecule has 0 aromatic carbocycles. The summed E-state index contributed by atoms with van der Waals surface area (Å²) >= 11 is 0. The van der Waals surface area contributed by atoms with E-state index in [9.17, 15) is 14.9 Å². The van der Waals surface area contributed by atoms with Crippen LogP contribution in [-0.2, 0) is 7.05 Å². The molecule has 7 nitrogen and oxygen atoms in total. The standard InChI is InChI=1S/C11H17N3O4/c1-8(15)4-5-12(2)11(16)10-6-9(14(17)18)7-13(10)3/h6-8,15H,4-5H2,1-3H3. The molecule has 0 saturated heterocycles. The number of hydrogen-bond donors (Lipinski definition) is 1. The highest BCUT2D eigenvalue weighted by Crippen LogP contribution is 2.16. The summed E-state index contributed by atoms with van der Waals surface area (Å²) in [5.41, 5.74) is 0.152.